The van der Waals surface area contributed by atoms with Gasteiger partial charge in [-0.15, -0.1) is 0 Å². The molecule has 2 rings (SSSR count). The van der Waals surface area contributed by atoms with Crippen LogP contribution in [0.4, 0.5) is 0 Å². The Morgan fingerprint density at radius 3 is 2.75 bits per heavy atom. The predicted molar refractivity (Wildman–Crippen MR) is 51.5 cm³/mol. The summed E-state index contributed by atoms with van der Waals surface area (Å²) >= 11 is 1.76. The molecule has 1 nitrogen and oxygen atoms in total. The molecule has 0 aromatic carbocycles. The average molecular weight is 182 g/mol. The number of aliphatic hydroxyl groups is 1. The second-order valence-corrected chi connectivity index (χ2v) is 4.43. The Morgan fingerprint density at radius 1 is 1.50 bits per heavy atom. The van der Waals surface area contributed by atoms with Gasteiger partial charge in [0, 0.05) is 0 Å². The van der Waals surface area contributed by atoms with E-state index >= 15 is 0 Å². The number of aryl methyl sites for hydroxylation is 1. The van der Waals surface area contributed by atoms with E-state index in [4.69, 9.17) is 0 Å². The Labute approximate surface area is 77.0 Å². The molecule has 0 spiro atoms. The molecule has 2 unspecified atom stereocenters. The molecule has 0 radical (unpaired) electrons. The van der Waals surface area contributed by atoms with E-state index in [1.165, 1.54) is 17.5 Å². The highest BCUT2D eigenvalue weighted by Crippen LogP contribution is 2.31. The van der Waals surface area contributed by atoms with Gasteiger partial charge in [-0.05, 0) is 54.0 Å². The highest BCUT2D eigenvalue weighted by atomic mass is 32.1. The van der Waals surface area contributed by atoms with Crippen LogP contribution in [-0.2, 0) is 6.42 Å². The van der Waals surface area contributed by atoms with E-state index < -0.39 is 0 Å². The van der Waals surface area contributed by atoms with E-state index in [9.17, 15) is 5.11 Å². The maximum Gasteiger partial charge on any atom is 0.0571 e. The van der Waals surface area contributed by atoms with Crippen molar-refractivity contribution in [3.8, 4) is 0 Å². The van der Waals surface area contributed by atoms with Gasteiger partial charge in [-0.3, -0.25) is 0 Å². The molecule has 0 bridgehead atoms. The summed E-state index contributed by atoms with van der Waals surface area (Å²) < 4.78 is 0. The van der Waals surface area contributed by atoms with E-state index in [1.54, 1.807) is 11.3 Å². The minimum absolute atomic E-state index is 0.0238. The Kier molecular flexibility index (Phi) is 2.20. The van der Waals surface area contributed by atoms with Crippen LogP contribution in [0.2, 0.25) is 0 Å². The molecule has 2 heteroatoms. The summed E-state index contributed by atoms with van der Waals surface area (Å²) in [4.78, 5) is 0. The van der Waals surface area contributed by atoms with E-state index in [0.717, 1.165) is 12.8 Å². The van der Waals surface area contributed by atoms with Crippen molar-refractivity contribution in [1.29, 1.82) is 0 Å². The lowest BCUT2D eigenvalue weighted by Gasteiger charge is -2.32. The number of hydrogen-bond donors (Lipinski definition) is 1. The summed E-state index contributed by atoms with van der Waals surface area (Å²) in [7, 11) is 0. The maximum atomic E-state index is 9.40. The van der Waals surface area contributed by atoms with Gasteiger partial charge < -0.3 is 5.11 Å². The molecular weight excluding hydrogens is 168 g/mol. The molecule has 0 amide bonds. The third-order valence-electron chi connectivity index (χ3n) is 2.82. The SMILES string of the molecule is Cc1cscc1CC1CCC1O. The van der Waals surface area contributed by atoms with Gasteiger partial charge in [-0.1, -0.05) is 0 Å². The number of thiophene rings is 1. The molecule has 1 heterocycles. The fourth-order valence-corrected chi connectivity index (χ4v) is 2.54. The normalized spacial score (nSPS) is 28.5. The van der Waals surface area contributed by atoms with Crippen LogP contribution in [-0.4, -0.2) is 11.2 Å². The smallest absolute Gasteiger partial charge is 0.0571 e. The second-order valence-electron chi connectivity index (χ2n) is 3.69. The first-order valence-corrected chi connectivity index (χ1v) is 5.41. The minimum atomic E-state index is -0.0238. The lowest BCUT2D eigenvalue weighted by molar-refractivity contribution is 0.0244. The van der Waals surface area contributed by atoms with Gasteiger partial charge in [0.1, 0.15) is 0 Å². The lowest BCUT2D eigenvalue weighted by Crippen LogP contribution is -2.32. The number of hydrogen-bond acceptors (Lipinski definition) is 2. The monoisotopic (exact) mass is 182 g/mol. The summed E-state index contributed by atoms with van der Waals surface area (Å²) in [6, 6.07) is 0. The van der Waals surface area contributed by atoms with Gasteiger partial charge in [0.15, 0.2) is 0 Å². The molecule has 1 aromatic heterocycles. The van der Waals surface area contributed by atoms with Crippen molar-refractivity contribution < 1.29 is 5.11 Å². The van der Waals surface area contributed by atoms with E-state index in [2.05, 4.69) is 17.7 Å². The fourth-order valence-electron chi connectivity index (χ4n) is 1.67. The third kappa shape index (κ3) is 1.41. The van der Waals surface area contributed by atoms with Crippen molar-refractivity contribution in [2.24, 2.45) is 5.92 Å². The molecule has 1 aliphatic rings. The fraction of sp³-hybridized carbons (Fsp3) is 0.600. The molecule has 1 saturated carbocycles. The first-order valence-electron chi connectivity index (χ1n) is 4.47. The Bertz CT molecular complexity index is 267. The Morgan fingerprint density at radius 2 is 2.33 bits per heavy atom. The molecule has 1 aromatic rings. The topological polar surface area (TPSA) is 20.2 Å². The van der Waals surface area contributed by atoms with Gasteiger partial charge in [-0.2, -0.15) is 11.3 Å². The lowest BCUT2D eigenvalue weighted by atomic mass is 9.78. The molecule has 0 saturated heterocycles. The largest absolute Gasteiger partial charge is 0.393 e. The van der Waals surface area contributed by atoms with Crippen LogP contribution in [0.5, 0.6) is 0 Å². The van der Waals surface area contributed by atoms with Crippen LogP contribution in [0.1, 0.15) is 24.0 Å². The molecule has 0 aliphatic heterocycles. The van der Waals surface area contributed by atoms with Crippen molar-refractivity contribution >= 4 is 11.3 Å². The van der Waals surface area contributed by atoms with Crippen LogP contribution in [0.25, 0.3) is 0 Å². The first-order chi connectivity index (χ1) is 5.77. The van der Waals surface area contributed by atoms with Gasteiger partial charge in [0.05, 0.1) is 6.10 Å². The summed E-state index contributed by atoms with van der Waals surface area (Å²) in [6.07, 6.45) is 3.27. The van der Waals surface area contributed by atoms with Gasteiger partial charge in [-0.25, -0.2) is 0 Å². The molecule has 12 heavy (non-hydrogen) atoms. The zero-order valence-electron chi connectivity index (χ0n) is 7.29. The summed E-state index contributed by atoms with van der Waals surface area (Å²) in [5, 5.41) is 13.8. The number of rotatable bonds is 2. The summed E-state index contributed by atoms with van der Waals surface area (Å²) in [5.41, 5.74) is 2.82. The van der Waals surface area contributed by atoms with Crippen LogP contribution >= 0.6 is 11.3 Å². The Balaban J connectivity index is 1.99. The maximum absolute atomic E-state index is 9.40. The minimum Gasteiger partial charge on any atom is -0.393 e. The highest BCUT2D eigenvalue weighted by Gasteiger charge is 2.28. The predicted octanol–water partition coefficient (Wildman–Crippen LogP) is 2.37. The summed E-state index contributed by atoms with van der Waals surface area (Å²) in [5.74, 6) is 0.540. The molecule has 1 fully saturated rings. The van der Waals surface area contributed by atoms with Gasteiger partial charge in [0.25, 0.3) is 0 Å². The van der Waals surface area contributed by atoms with Crippen molar-refractivity contribution in [3.63, 3.8) is 0 Å². The highest BCUT2D eigenvalue weighted by molar-refractivity contribution is 7.08. The quantitative estimate of drug-likeness (QED) is 0.744. The molecule has 1 aliphatic carbocycles. The van der Waals surface area contributed by atoms with E-state index in [1.807, 2.05) is 0 Å². The van der Waals surface area contributed by atoms with Crippen molar-refractivity contribution in [2.45, 2.75) is 32.3 Å². The third-order valence-corrected chi connectivity index (χ3v) is 3.73. The average Bonchev–Trinajstić information content (AvgIpc) is 2.44. The van der Waals surface area contributed by atoms with Crippen molar-refractivity contribution in [2.75, 3.05) is 0 Å². The molecule has 1 N–H and O–H groups in total. The second kappa shape index (κ2) is 3.19. The van der Waals surface area contributed by atoms with E-state index in [-0.39, 0.29) is 6.10 Å². The van der Waals surface area contributed by atoms with Crippen molar-refractivity contribution in [1.82, 2.24) is 0 Å². The molecular formula is C10H14OS. The zero-order valence-corrected chi connectivity index (χ0v) is 8.10. The van der Waals surface area contributed by atoms with E-state index in [0.29, 0.717) is 5.92 Å². The van der Waals surface area contributed by atoms with Crippen LogP contribution in [0, 0.1) is 12.8 Å². The van der Waals surface area contributed by atoms with Crippen LogP contribution in [0.15, 0.2) is 10.8 Å². The first kappa shape index (κ1) is 8.27. The number of aliphatic hydroxyl groups excluding tert-OH is 1. The van der Waals surface area contributed by atoms with Crippen LogP contribution < -0.4 is 0 Å². The molecule has 66 valence electrons. The van der Waals surface area contributed by atoms with Crippen LogP contribution in [0.3, 0.4) is 0 Å². The summed E-state index contributed by atoms with van der Waals surface area (Å²) in [6.45, 7) is 2.15. The standard InChI is InChI=1S/C10H14OS/c1-7-5-12-6-9(7)4-8-2-3-10(8)11/h5-6,8,10-11H,2-4H2,1H3. The van der Waals surface area contributed by atoms with Gasteiger partial charge >= 0.3 is 0 Å². The zero-order chi connectivity index (χ0) is 8.55. The van der Waals surface area contributed by atoms with Crippen molar-refractivity contribution in [3.05, 3.63) is 21.9 Å². The Hall–Kier alpha value is -0.340. The molecule has 2 atom stereocenters. The van der Waals surface area contributed by atoms with Gasteiger partial charge in [0.2, 0.25) is 0 Å².